The normalized spacial score (nSPS) is 10.3. The van der Waals surface area contributed by atoms with E-state index in [2.05, 4.69) is 42.3 Å². The molecule has 5 nitrogen and oxygen atoms in total. The lowest BCUT2D eigenvalue weighted by Gasteiger charge is -2.10. The number of hydrogen-bond acceptors (Lipinski definition) is 3. The Kier molecular flexibility index (Phi) is 4.60. The van der Waals surface area contributed by atoms with Gasteiger partial charge in [-0.3, -0.25) is 4.79 Å². The molecule has 0 saturated heterocycles. The third kappa shape index (κ3) is 3.57. The fourth-order valence-corrected chi connectivity index (χ4v) is 2.69. The van der Waals surface area contributed by atoms with Gasteiger partial charge in [-0.1, -0.05) is 12.1 Å². The number of nitrogens with one attached hydrogen (secondary N) is 1. The Balaban J connectivity index is 2.07. The molecule has 0 aliphatic rings. The second-order valence-corrected chi connectivity index (χ2v) is 5.32. The van der Waals surface area contributed by atoms with Crippen molar-refractivity contribution in [1.29, 1.82) is 0 Å². The minimum atomic E-state index is -0.180. The van der Waals surface area contributed by atoms with Crippen LogP contribution in [0.15, 0.2) is 39.5 Å². The number of halogens is 2. The highest BCUT2D eigenvalue weighted by atomic mass is 79.9. The molecule has 1 heterocycles. The van der Waals surface area contributed by atoms with E-state index in [-0.39, 0.29) is 12.5 Å². The number of hydrogen-bond donors (Lipinski definition) is 1. The summed E-state index contributed by atoms with van der Waals surface area (Å²) in [7, 11) is 1.56. The molecule has 0 aliphatic carbocycles. The Hall–Kier alpha value is -1.34. The third-order valence-electron chi connectivity index (χ3n) is 2.38. The molecule has 1 amide bonds. The molecule has 0 spiro atoms. The lowest BCUT2D eigenvalue weighted by molar-refractivity contribution is -0.117. The molecule has 0 radical (unpaired) electrons. The van der Waals surface area contributed by atoms with E-state index in [0.29, 0.717) is 16.0 Å². The summed E-state index contributed by atoms with van der Waals surface area (Å²) < 4.78 is 8.12. The van der Waals surface area contributed by atoms with Crippen LogP contribution in [-0.2, 0) is 11.3 Å². The first-order valence-corrected chi connectivity index (χ1v) is 7.00. The van der Waals surface area contributed by atoms with Gasteiger partial charge >= 0.3 is 0 Å². The maximum absolute atomic E-state index is 11.9. The molecule has 2 rings (SSSR count). The largest absolute Gasteiger partial charge is 0.495 e. The van der Waals surface area contributed by atoms with E-state index in [9.17, 15) is 4.79 Å². The first-order valence-electron chi connectivity index (χ1n) is 5.42. The molecule has 0 unspecified atom stereocenters. The van der Waals surface area contributed by atoms with Crippen LogP contribution in [0, 0.1) is 0 Å². The van der Waals surface area contributed by atoms with Gasteiger partial charge in [0.1, 0.15) is 21.5 Å². The number of ether oxygens (including phenoxy) is 1. The zero-order chi connectivity index (χ0) is 13.8. The fourth-order valence-electron chi connectivity index (χ4n) is 1.55. The Morgan fingerprint density at radius 1 is 1.42 bits per heavy atom. The van der Waals surface area contributed by atoms with Gasteiger partial charge in [-0.15, -0.1) is 0 Å². The van der Waals surface area contributed by atoms with Gasteiger partial charge in [0.25, 0.3) is 0 Å². The van der Waals surface area contributed by atoms with E-state index in [1.54, 1.807) is 30.0 Å². The summed E-state index contributed by atoms with van der Waals surface area (Å²) in [5.74, 6) is 0.442. The zero-order valence-electron chi connectivity index (χ0n) is 10.1. The summed E-state index contributed by atoms with van der Waals surface area (Å²) in [5.41, 5.74) is 0.636. The summed E-state index contributed by atoms with van der Waals surface area (Å²) in [6, 6.07) is 9.02. The molecular formula is C12H11Br2N3O2. The minimum absolute atomic E-state index is 0.115. The van der Waals surface area contributed by atoms with E-state index < -0.39 is 0 Å². The zero-order valence-corrected chi connectivity index (χ0v) is 13.2. The number of carbonyl (C=O) groups is 1. The predicted octanol–water partition coefficient (Wildman–Crippen LogP) is 3.06. The number of amides is 1. The number of rotatable bonds is 4. The van der Waals surface area contributed by atoms with Gasteiger partial charge < -0.3 is 10.1 Å². The van der Waals surface area contributed by atoms with Gasteiger partial charge in [0.05, 0.1) is 12.8 Å². The number of benzene rings is 1. The summed E-state index contributed by atoms with van der Waals surface area (Å²) in [6.07, 6.45) is 0. The summed E-state index contributed by atoms with van der Waals surface area (Å²) in [4.78, 5) is 11.9. The Morgan fingerprint density at radius 3 is 2.79 bits per heavy atom. The standard InChI is InChI=1S/C12H11Br2N3O2/c1-19-9-5-3-2-4-8(9)15-12(18)7-17-11(14)6-10(13)16-17/h2-6H,7H2,1H3,(H,15,18). The smallest absolute Gasteiger partial charge is 0.246 e. The van der Waals surface area contributed by atoms with Crippen LogP contribution in [-0.4, -0.2) is 22.8 Å². The highest BCUT2D eigenvalue weighted by Crippen LogP contribution is 2.23. The van der Waals surface area contributed by atoms with Gasteiger partial charge in [-0.25, -0.2) is 4.68 Å². The van der Waals surface area contributed by atoms with Gasteiger partial charge in [0.15, 0.2) is 0 Å². The molecule has 19 heavy (non-hydrogen) atoms. The average molecular weight is 389 g/mol. The Labute approximate surface area is 127 Å². The number of carbonyl (C=O) groups excluding carboxylic acids is 1. The maximum atomic E-state index is 11.9. The predicted molar refractivity (Wildman–Crippen MR) is 79.3 cm³/mol. The Morgan fingerprint density at radius 2 is 2.16 bits per heavy atom. The number of methoxy groups -OCH3 is 1. The molecule has 100 valence electrons. The number of aromatic nitrogens is 2. The first kappa shape index (κ1) is 14.1. The van der Waals surface area contributed by atoms with Crippen LogP contribution in [0.2, 0.25) is 0 Å². The highest BCUT2D eigenvalue weighted by molar-refractivity contribution is 9.11. The van der Waals surface area contributed by atoms with Crippen molar-refractivity contribution in [2.75, 3.05) is 12.4 Å². The summed E-state index contributed by atoms with van der Waals surface area (Å²) in [5, 5.41) is 6.91. The van der Waals surface area contributed by atoms with Crippen molar-refractivity contribution in [2.24, 2.45) is 0 Å². The van der Waals surface area contributed by atoms with E-state index in [1.807, 2.05) is 12.1 Å². The van der Waals surface area contributed by atoms with Crippen molar-refractivity contribution in [2.45, 2.75) is 6.54 Å². The summed E-state index contributed by atoms with van der Waals surface area (Å²) >= 11 is 6.57. The Bertz CT molecular complexity index is 598. The van der Waals surface area contributed by atoms with Crippen LogP contribution in [0.1, 0.15) is 0 Å². The number of anilines is 1. The molecule has 7 heteroatoms. The van der Waals surface area contributed by atoms with Crippen molar-refractivity contribution in [1.82, 2.24) is 9.78 Å². The van der Waals surface area contributed by atoms with Gasteiger partial charge in [-0.2, -0.15) is 5.10 Å². The topological polar surface area (TPSA) is 56.1 Å². The third-order valence-corrected chi connectivity index (χ3v) is 3.40. The molecule has 0 saturated carbocycles. The molecular weight excluding hydrogens is 378 g/mol. The van der Waals surface area contributed by atoms with Crippen LogP contribution < -0.4 is 10.1 Å². The molecule has 2 aromatic rings. The molecule has 1 aromatic carbocycles. The van der Waals surface area contributed by atoms with Crippen LogP contribution in [0.4, 0.5) is 5.69 Å². The molecule has 0 fully saturated rings. The minimum Gasteiger partial charge on any atom is -0.495 e. The van der Waals surface area contributed by atoms with Crippen molar-refractivity contribution in [3.63, 3.8) is 0 Å². The monoisotopic (exact) mass is 387 g/mol. The lowest BCUT2D eigenvalue weighted by Crippen LogP contribution is -2.20. The van der Waals surface area contributed by atoms with Crippen molar-refractivity contribution in [3.05, 3.63) is 39.5 Å². The maximum Gasteiger partial charge on any atom is 0.246 e. The molecule has 0 aliphatic heterocycles. The second-order valence-electron chi connectivity index (χ2n) is 3.70. The van der Waals surface area contributed by atoms with Crippen molar-refractivity contribution >= 4 is 43.5 Å². The average Bonchev–Trinajstić information content (AvgIpc) is 2.68. The molecule has 1 aromatic heterocycles. The quantitative estimate of drug-likeness (QED) is 0.875. The fraction of sp³-hybridized carbons (Fsp3) is 0.167. The number of nitrogens with zero attached hydrogens (tertiary/aromatic N) is 2. The van der Waals surface area contributed by atoms with E-state index in [1.165, 1.54) is 0 Å². The number of para-hydroxylation sites is 2. The van der Waals surface area contributed by atoms with Crippen LogP contribution >= 0.6 is 31.9 Å². The second kappa shape index (κ2) is 6.21. The first-order chi connectivity index (χ1) is 9.10. The summed E-state index contributed by atoms with van der Waals surface area (Å²) in [6.45, 7) is 0.115. The van der Waals surface area contributed by atoms with Crippen LogP contribution in [0.3, 0.4) is 0 Å². The van der Waals surface area contributed by atoms with E-state index >= 15 is 0 Å². The van der Waals surface area contributed by atoms with Crippen molar-refractivity contribution < 1.29 is 9.53 Å². The molecule has 0 bridgehead atoms. The van der Waals surface area contributed by atoms with E-state index in [4.69, 9.17) is 4.74 Å². The molecule has 0 atom stereocenters. The van der Waals surface area contributed by atoms with Crippen molar-refractivity contribution in [3.8, 4) is 5.75 Å². The highest BCUT2D eigenvalue weighted by Gasteiger charge is 2.10. The molecule has 1 N–H and O–H groups in total. The van der Waals surface area contributed by atoms with E-state index in [0.717, 1.165) is 4.60 Å². The van der Waals surface area contributed by atoms with Crippen LogP contribution in [0.5, 0.6) is 5.75 Å². The van der Waals surface area contributed by atoms with Gasteiger partial charge in [0.2, 0.25) is 5.91 Å². The lowest BCUT2D eigenvalue weighted by atomic mass is 10.3. The SMILES string of the molecule is COc1ccccc1NC(=O)Cn1nc(Br)cc1Br. The van der Waals surface area contributed by atoms with Gasteiger partial charge in [0, 0.05) is 6.07 Å². The van der Waals surface area contributed by atoms with Crippen LogP contribution in [0.25, 0.3) is 0 Å². The van der Waals surface area contributed by atoms with Gasteiger partial charge in [-0.05, 0) is 44.0 Å².